The number of rotatable bonds is 5. The van der Waals surface area contributed by atoms with Gasteiger partial charge in [-0.2, -0.15) is 0 Å². The number of carbonyl (C=O) groups excluding carboxylic acids is 1. The van der Waals surface area contributed by atoms with Gasteiger partial charge in [-0.15, -0.1) is 0 Å². The van der Waals surface area contributed by atoms with E-state index in [1.165, 1.54) is 6.92 Å². The largest absolute Gasteiger partial charge is 0.481 e. The number of carboxylic acid groups (broad SMARTS) is 1. The van der Waals surface area contributed by atoms with Crippen LogP contribution in [0.15, 0.2) is 0 Å². The van der Waals surface area contributed by atoms with Crippen molar-refractivity contribution in [3.63, 3.8) is 0 Å². The maximum atomic E-state index is 10.3. The summed E-state index contributed by atoms with van der Waals surface area (Å²) < 4.78 is 0. The number of amides is 1. The molecule has 0 heterocycles. The van der Waals surface area contributed by atoms with E-state index in [1.54, 1.807) is 0 Å². The lowest BCUT2D eigenvalue weighted by Gasteiger charge is -2.07. The van der Waals surface area contributed by atoms with Crippen LogP contribution in [0.3, 0.4) is 0 Å². The summed E-state index contributed by atoms with van der Waals surface area (Å²) in [7, 11) is 0. The van der Waals surface area contributed by atoms with Crippen molar-refractivity contribution in [2.75, 3.05) is 6.54 Å². The van der Waals surface area contributed by atoms with Crippen LogP contribution in [0.4, 0.5) is 0 Å². The van der Waals surface area contributed by atoms with Gasteiger partial charge < -0.3 is 15.5 Å². The summed E-state index contributed by atoms with van der Waals surface area (Å²) in [5.41, 5.74) is 0. The second-order valence-electron chi connectivity index (χ2n) is 2.52. The first kappa shape index (κ1) is 10.9. The molecule has 3 N–H and O–H groups in total. The molecule has 0 bridgehead atoms. The van der Waals surface area contributed by atoms with Crippen LogP contribution in [-0.2, 0) is 9.59 Å². The Morgan fingerprint density at radius 1 is 1.50 bits per heavy atom. The molecule has 1 atom stereocenters. The molecule has 0 aliphatic heterocycles. The van der Waals surface area contributed by atoms with Crippen molar-refractivity contribution in [1.29, 1.82) is 0 Å². The Labute approximate surface area is 70.4 Å². The van der Waals surface area contributed by atoms with E-state index in [2.05, 4.69) is 5.32 Å². The zero-order chi connectivity index (χ0) is 9.56. The highest BCUT2D eigenvalue weighted by Gasteiger charge is 2.08. The second-order valence-corrected chi connectivity index (χ2v) is 2.52. The van der Waals surface area contributed by atoms with Gasteiger partial charge in [0.1, 0.15) is 0 Å². The van der Waals surface area contributed by atoms with Crippen molar-refractivity contribution in [3.05, 3.63) is 0 Å². The number of hydrogen-bond acceptors (Lipinski definition) is 3. The molecule has 1 amide bonds. The Bertz CT molecular complexity index is 169. The highest BCUT2D eigenvalue weighted by Crippen LogP contribution is 1.95. The fraction of sp³-hybridized carbons (Fsp3) is 0.714. The van der Waals surface area contributed by atoms with Crippen molar-refractivity contribution < 1.29 is 19.8 Å². The van der Waals surface area contributed by atoms with Crippen LogP contribution in [0, 0.1) is 0 Å². The first-order chi connectivity index (χ1) is 5.52. The average molecular weight is 175 g/mol. The van der Waals surface area contributed by atoms with Gasteiger partial charge in [-0.25, -0.2) is 0 Å². The molecule has 0 aliphatic rings. The molecule has 0 aromatic carbocycles. The van der Waals surface area contributed by atoms with Gasteiger partial charge >= 0.3 is 5.97 Å². The van der Waals surface area contributed by atoms with E-state index >= 15 is 0 Å². The molecule has 0 rings (SSSR count). The Hall–Kier alpha value is -1.10. The fourth-order valence-corrected chi connectivity index (χ4v) is 0.718. The van der Waals surface area contributed by atoms with Crippen molar-refractivity contribution in [1.82, 2.24) is 5.32 Å². The molecule has 0 aliphatic carbocycles. The Kier molecular flexibility index (Phi) is 5.03. The lowest BCUT2D eigenvalue weighted by atomic mass is 10.2. The number of carbonyl (C=O) groups is 2. The van der Waals surface area contributed by atoms with Gasteiger partial charge in [-0.1, -0.05) is 0 Å². The fourth-order valence-electron chi connectivity index (χ4n) is 0.718. The van der Waals surface area contributed by atoms with Crippen molar-refractivity contribution >= 4 is 11.9 Å². The predicted molar refractivity (Wildman–Crippen MR) is 41.6 cm³/mol. The average Bonchev–Trinajstić information content (AvgIpc) is 1.84. The number of hydrogen-bond donors (Lipinski definition) is 3. The molecule has 0 unspecified atom stereocenters. The molecular formula is C7H13NO4. The van der Waals surface area contributed by atoms with Gasteiger partial charge in [0, 0.05) is 13.5 Å². The number of aliphatic carboxylic acids is 1. The Morgan fingerprint density at radius 3 is 2.50 bits per heavy atom. The third-order valence-electron chi connectivity index (χ3n) is 1.26. The van der Waals surface area contributed by atoms with Crippen LogP contribution < -0.4 is 5.32 Å². The summed E-state index contributed by atoms with van der Waals surface area (Å²) >= 11 is 0. The minimum atomic E-state index is -1.04. The third-order valence-corrected chi connectivity index (χ3v) is 1.26. The van der Waals surface area contributed by atoms with Gasteiger partial charge in [0.25, 0.3) is 0 Å². The van der Waals surface area contributed by atoms with Crippen LogP contribution in [0.2, 0.25) is 0 Å². The number of nitrogens with one attached hydrogen (secondary N) is 1. The highest BCUT2D eigenvalue weighted by atomic mass is 16.4. The summed E-state index contributed by atoms with van der Waals surface area (Å²) in [6, 6.07) is 0. The molecule has 12 heavy (non-hydrogen) atoms. The van der Waals surface area contributed by atoms with E-state index in [0.29, 0.717) is 6.54 Å². The SMILES string of the molecule is CC(=O)NCC[C@H](O)CC(=O)O. The normalized spacial score (nSPS) is 12.2. The number of carboxylic acids is 1. The molecule has 5 nitrogen and oxygen atoms in total. The second kappa shape index (κ2) is 5.54. The van der Waals surface area contributed by atoms with E-state index in [9.17, 15) is 9.59 Å². The highest BCUT2D eigenvalue weighted by molar-refractivity contribution is 5.72. The molecule has 0 aromatic rings. The summed E-state index contributed by atoms with van der Waals surface area (Å²) in [6.07, 6.45) is -0.889. The van der Waals surface area contributed by atoms with Gasteiger partial charge in [0.2, 0.25) is 5.91 Å². The van der Waals surface area contributed by atoms with Crippen LogP contribution in [0.5, 0.6) is 0 Å². The van der Waals surface area contributed by atoms with Crippen LogP contribution >= 0.6 is 0 Å². The Morgan fingerprint density at radius 2 is 2.08 bits per heavy atom. The molecule has 70 valence electrons. The number of aliphatic hydroxyl groups excluding tert-OH is 1. The van der Waals surface area contributed by atoms with E-state index in [1.807, 2.05) is 0 Å². The lowest BCUT2D eigenvalue weighted by Crippen LogP contribution is -2.25. The van der Waals surface area contributed by atoms with Crippen molar-refractivity contribution in [2.24, 2.45) is 0 Å². The van der Waals surface area contributed by atoms with E-state index in [-0.39, 0.29) is 18.7 Å². The molecule has 5 heteroatoms. The van der Waals surface area contributed by atoms with E-state index in [0.717, 1.165) is 0 Å². The first-order valence-electron chi connectivity index (χ1n) is 3.66. The van der Waals surface area contributed by atoms with Crippen LogP contribution in [-0.4, -0.2) is 34.7 Å². The van der Waals surface area contributed by atoms with Crippen LogP contribution in [0.1, 0.15) is 19.8 Å². The lowest BCUT2D eigenvalue weighted by molar-refractivity contribution is -0.139. The molecule has 0 saturated heterocycles. The van der Waals surface area contributed by atoms with E-state index < -0.39 is 12.1 Å². The summed E-state index contributed by atoms with van der Waals surface area (Å²) in [5.74, 6) is -1.22. The molecular weight excluding hydrogens is 162 g/mol. The molecule has 0 aromatic heterocycles. The topological polar surface area (TPSA) is 86.6 Å². The minimum Gasteiger partial charge on any atom is -0.481 e. The molecule has 0 fully saturated rings. The minimum absolute atomic E-state index is 0.183. The van der Waals surface area contributed by atoms with Crippen molar-refractivity contribution in [2.45, 2.75) is 25.9 Å². The summed E-state index contributed by atoms with van der Waals surface area (Å²) in [5, 5.41) is 19.7. The summed E-state index contributed by atoms with van der Waals surface area (Å²) in [6.45, 7) is 1.67. The maximum absolute atomic E-state index is 10.3. The van der Waals surface area contributed by atoms with Gasteiger partial charge in [-0.05, 0) is 6.42 Å². The predicted octanol–water partition coefficient (Wildman–Crippen LogP) is -0.652. The maximum Gasteiger partial charge on any atom is 0.305 e. The zero-order valence-corrected chi connectivity index (χ0v) is 6.91. The van der Waals surface area contributed by atoms with Gasteiger partial charge in [0.15, 0.2) is 0 Å². The first-order valence-corrected chi connectivity index (χ1v) is 3.66. The smallest absolute Gasteiger partial charge is 0.305 e. The monoisotopic (exact) mass is 175 g/mol. The quantitative estimate of drug-likeness (QED) is 0.518. The van der Waals surface area contributed by atoms with Gasteiger partial charge in [-0.3, -0.25) is 9.59 Å². The molecule has 0 spiro atoms. The third kappa shape index (κ3) is 7.01. The zero-order valence-electron chi connectivity index (χ0n) is 6.91. The number of aliphatic hydroxyl groups is 1. The molecule has 0 saturated carbocycles. The van der Waals surface area contributed by atoms with Crippen molar-refractivity contribution in [3.8, 4) is 0 Å². The van der Waals surface area contributed by atoms with Gasteiger partial charge in [0.05, 0.1) is 12.5 Å². The Balaban J connectivity index is 3.37. The molecule has 0 radical (unpaired) electrons. The standard InChI is InChI=1S/C7H13NO4/c1-5(9)8-3-2-6(10)4-7(11)12/h6,10H,2-4H2,1H3,(H,8,9)(H,11,12)/t6-/m0/s1. The summed E-state index contributed by atoms with van der Waals surface area (Å²) in [4.78, 5) is 20.4. The van der Waals surface area contributed by atoms with Crippen LogP contribution in [0.25, 0.3) is 0 Å². The van der Waals surface area contributed by atoms with E-state index in [4.69, 9.17) is 10.2 Å².